The molecule has 1 aliphatic rings. The van der Waals surface area contributed by atoms with Gasteiger partial charge in [0, 0.05) is 17.8 Å². The first-order valence-corrected chi connectivity index (χ1v) is 7.13. The van der Waals surface area contributed by atoms with E-state index >= 15 is 0 Å². The van der Waals surface area contributed by atoms with Gasteiger partial charge in [-0.1, -0.05) is 19.1 Å². The van der Waals surface area contributed by atoms with Crippen LogP contribution in [-0.2, 0) is 6.42 Å². The molecule has 1 heterocycles. The second-order valence-corrected chi connectivity index (χ2v) is 6.08. The van der Waals surface area contributed by atoms with Gasteiger partial charge in [0.15, 0.2) is 0 Å². The van der Waals surface area contributed by atoms with Crippen LogP contribution in [0.1, 0.15) is 39.2 Å². The van der Waals surface area contributed by atoms with Crippen molar-refractivity contribution in [3.05, 3.63) is 29.8 Å². The van der Waals surface area contributed by atoms with Gasteiger partial charge in [-0.15, -0.1) is 0 Å². The van der Waals surface area contributed by atoms with Crippen molar-refractivity contribution in [2.75, 3.05) is 18.0 Å². The van der Waals surface area contributed by atoms with Crippen LogP contribution in [0.3, 0.4) is 0 Å². The normalized spacial score (nSPS) is 23.1. The van der Waals surface area contributed by atoms with E-state index in [4.69, 9.17) is 5.73 Å². The maximum absolute atomic E-state index is 5.85. The first-order valence-electron chi connectivity index (χ1n) is 7.13. The topological polar surface area (TPSA) is 29.3 Å². The van der Waals surface area contributed by atoms with Gasteiger partial charge >= 0.3 is 0 Å². The summed E-state index contributed by atoms with van der Waals surface area (Å²) < 4.78 is 0. The predicted octanol–water partition coefficient (Wildman–Crippen LogP) is 3.20. The number of rotatable bonds is 3. The van der Waals surface area contributed by atoms with Crippen LogP contribution in [0.25, 0.3) is 0 Å². The number of nitrogens with two attached hydrogens (primary N) is 1. The van der Waals surface area contributed by atoms with Gasteiger partial charge in [-0.2, -0.15) is 0 Å². The molecule has 1 atom stereocenters. The van der Waals surface area contributed by atoms with Crippen molar-refractivity contribution in [1.82, 2.24) is 0 Å². The van der Waals surface area contributed by atoms with E-state index in [1.54, 1.807) is 0 Å². The Morgan fingerprint density at radius 2 is 1.94 bits per heavy atom. The van der Waals surface area contributed by atoms with Crippen LogP contribution >= 0.6 is 0 Å². The Kier molecular flexibility index (Phi) is 3.96. The molecule has 1 fully saturated rings. The highest BCUT2D eigenvalue weighted by atomic mass is 15.2. The number of piperidine rings is 1. The largest absolute Gasteiger partial charge is 0.366 e. The smallest absolute Gasteiger partial charge is 0.0370 e. The highest BCUT2D eigenvalue weighted by molar-refractivity contribution is 5.50. The Balaban J connectivity index is 2.21. The van der Waals surface area contributed by atoms with Gasteiger partial charge in [-0.3, -0.25) is 0 Å². The molecule has 2 N–H and O–H groups in total. The molecule has 2 heteroatoms. The third kappa shape index (κ3) is 2.69. The molecule has 2 rings (SSSR count). The minimum Gasteiger partial charge on any atom is -0.366 e. The molecular formula is C16H26N2. The Morgan fingerprint density at radius 3 is 2.50 bits per heavy atom. The molecule has 0 spiro atoms. The van der Waals surface area contributed by atoms with Gasteiger partial charge in [-0.05, 0) is 63.3 Å². The fourth-order valence-electron chi connectivity index (χ4n) is 2.85. The lowest BCUT2D eigenvalue weighted by atomic mass is 9.84. The van der Waals surface area contributed by atoms with Crippen LogP contribution in [0.2, 0.25) is 0 Å². The molecule has 0 radical (unpaired) electrons. The van der Waals surface area contributed by atoms with Gasteiger partial charge < -0.3 is 10.6 Å². The fraction of sp³-hybridized carbons (Fsp3) is 0.625. The number of anilines is 1. The Labute approximate surface area is 111 Å². The zero-order valence-corrected chi connectivity index (χ0v) is 11.9. The van der Waals surface area contributed by atoms with Gasteiger partial charge in [0.1, 0.15) is 0 Å². The first kappa shape index (κ1) is 13.4. The van der Waals surface area contributed by atoms with Crippen molar-refractivity contribution in [2.24, 2.45) is 11.7 Å². The molecule has 0 bridgehead atoms. The van der Waals surface area contributed by atoms with Gasteiger partial charge in [-0.25, -0.2) is 0 Å². The summed E-state index contributed by atoms with van der Waals surface area (Å²) in [6, 6.07) is 9.02. The third-order valence-electron chi connectivity index (χ3n) is 4.33. The summed E-state index contributed by atoms with van der Waals surface area (Å²) in [6.07, 6.45) is 3.59. The highest BCUT2D eigenvalue weighted by Crippen LogP contribution is 2.34. The summed E-state index contributed by atoms with van der Waals surface area (Å²) in [4.78, 5) is 2.54. The molecule has 0 aromatic heterocycles. The summed E-state index contributed by atoms with van der Waals surface area (Å²) in [6.45, 7) is 8.78. The molecule has 1 aromatic carbocycles. The van der Waals surface area contributed by atoms with Gasteiger partial charge in [0.25, 0.3) is 0 Å². The lowest BCUT2D eigenvalue weighted by molar-refractivity contribution is 0.295. The Morgan fingerprint density at radius 1 is 1.28 bits per heavy atom. The molecule has 1 saturated heterocycles. The van der Waals surface area contributed by atoms with E-state index in [-0.39, 0.29) is 5.54 Å². The monoisotopic (exact) mass is 246 g/mol. The summed E-state index contributed by atoms with van der Waals surface area (Å²) in [7, 11) is 0. The van der Waals surface area contributed by atoms with E-state index in [2.05, 4.69) is 49.9 Å². The molecule has 1 unspecified atom stereocenters. The molecule has 1 aromatic rings. The molecule has 0 amide bonds. The zero-order chi connectivity index (χ0) is 13.2. The number of hydrogen-bond acceptors (Lipinski definition) is 2. The van der Waals surface area contributed by atoms with E-state index in [1.165, 1.54) is 24.1 Å². The molecule has 1 aliphatic heterocycles. The zero-order valence-electron chi connectivity index (χ0n) is 11.9. The minimum absolute atomic E-state index is 0.249. The average Bonchev–Trinajstić information content (AvgIpc) is 2.39. The molecular weight excluding hydrogens is 220 g/mol. The standard InChI is InChI=1S/C16H26N2/c1-4-13-5-7-15(8-6-13)18-12-14(11-17)9-10-16(18,2)3/h5-8,14H,4,9-12,17H2,1-3H3. The molecule has 0 saturated carbocycles. The number of benzene rings is 1. The highest BCUT2D eigenvalue weighted by Gasteiger charge is 2.33. The second kappa shape index (κ2) is 5.31. The van der Waals surface area contributed by atoms with Crippen molar-refractivity contribution in [3.63, 3.8) is 0 Å². The number of nitrogens with zero attached hydrogens (tertiary/aromatic N) is 1. The minimum atomic E-state index is 0.249. The van der Waals surface area contributed by atoms with Crippen molar-refractivity contribution < 1.29 is 0 Å². The maximum atomic E-state index is 5.85. The Hall–Kier alpha value is -1.02. The first-order chi connectivity index (χ1) is 8.56. The number of hydrogen-bond donors (Lipinski definition) is 1. The van der Waals surface area contributed by atoms with Crippen molar-refractivity contribution in [2.45, 2.75) is 45.6 Å². The van der Waals surface area contributed by atoms with Crippen molar-refractivity contribution in [1.29, 1.82) is 0 Å². The van der Waals surface area contributed by atoms with Crippen LogP contribution in [0.4, 0.5) is 5.69 Å². The fourth-order valence-corrected chi connectivity index (χ4v) is 2.85. The quantitative estimate of drug-likeness (QED) is 0.887. The van der Waals surface area contributed by atoms with Crippen LogP contribution in [0, 0.1) is 5.92 Å². The third-order valence-corrected chi connectivity index (χ3v) is 4.33. The molecule has 2 nitrogen and oxygen atoms in total. The van der Waals surface area contributed by atoms with Crippen LogP contribution < -0.4 is 10.6 Å². The van der Waals surface area contributed by atoms with Crippen LogP contribution in [0.5, 0.6) is 0 Å². The Bertz CT molecular complexity index is 381. The van der Waals surface area contributed by atoms with Crippen molar-refractivity contribution >= 4 is 5.69 Å². The van der Waals surface area contributed by atoms with E-state index in [0.717, 1.165) is 19.5 Å². The predicted molar refractivity (Wildman–Crippen MR) is 79.0 cm³/mol. The van der Waals surface area contributed by atoms with E-state index < -0.39 is 0 Å². The van der Waals surface area contributed by atoms with Crippen LogP contribution in [-0.4, -0.2) is 18.6 Å². The molecule has 100 valence electrons. The van der Waals surface area contributed by atoms with Crippen LogP contribution in [0.15, 0.2) is 24.3 Å². The molecule has 0 aliphatic carbocycles. The van der Waals surface area contributed by atoms with E-state index in [9.17, 15) is 0 Å². The van der Waals surface area contributed by atoms with Gasteiger partial charge in [0.2, 0.25) is 0 Å². The maximum Gasteiger partial charge on any atom is 0.0370 e. The van der Waals surface area contributed by atoms with Crippen molar-refractivity contribution in [3.8, 4) is 0 Å². The lowest BCUT2D eigenvalue weighted by Gasteiger charge is -2.47. The average molecular weight is 246 g/mol. The van der Waals surface area contributed by atoms with Gasteiger partial charge in [0.05, 0.1) is 0 Å². The van der Waals surface area contributed by atoms with E-state index in [0.29, 0.717) is 5.92 Å². The summed E-state index contributed by atoms with van der Waals surface area (Å²) >= 11 is 0. The van der Waals surface area contributed by atoms with E-state index in [1.807, 2.05) is 0 Å². The summed E-state index contributed by atoms with van der Waals surface area (Å²) in [5.74, 6) is 0.642. The second-order valence-electron chi connectivity index (χ2n) is 6.08. The SMILES string of the molecule is CCc1ccc(N2CC(CN)CCC2(C)C)cc1. The summed E-state index contributed by atoms with van der Waals surface area (Å²) in [5.41, 5.74) is 8.85. The summed E-state index contributed by atoms with van der Waals surface area (Å²) in [5, 5.41) is 0. The lowest BCUT2D eigenvalue weighted by Crippen LogP contribution is -2.51. The number of aryl methyl sites for hydroxylation is 1. The molecule has 18 heavy (non-hydrogen) atoms.